The summed E-state index contributed by atoms with van der Waals surface area (Å²) in [5.74, 6) is 1.65. The fourth-order valence-electron chi connectivity index (χ4n) is 17.7. The van der Waals surface area contributed by atoms with E-state index in [0.29, 0.717) is 93.4 Å². The van der Waals surface area contributed by atoms with Crippen molar-refractivity contribution in [3.8, 4) is 39.1 Å². The molecule has 1 aliphatic carbocycles. The largest absolute Gasteiger partial charge is 0.496 e. The molecule has 0 radical (unpaired) electrons. The van der Waals surface area contributed by atoms with Crippen molar-refractivity contribution in [1.82, 2.24) is 29.7 Å². The molecule has 7 fully saturated rings. The Morgan fingerprint density at radius 3 is 1.10 bits per heavy atom. The number of alkyl halides is 12. The highest BCUT2D eigenvalue weighted by atomic mass is 19.4. The quantitative estimate of drug-likeness (QED) is 0.0294. The molecule has 6 aliphatic heterocycles. The molecule has 6 saturated heterocycles. The van der Waals surface area contributed by atoms with Crippen LogP contribution in [0.4, 0.5) is 84.5 Å². The van der Waals surface area contributed by atoms with Gasteiger partial charge in [-0.1, -0.05) is 65.7 Å². The summed E-state index contributed by atoms with van der Waals surface area (Å²) >= 11 is 0. The van der Waals surface area contributed by atoms with E-state index in [2.05, 4.69) is 9.80 Å². The molecule has 0 unspecified atom stereocenters. The zero-order chi connectivity index (χ0) is 95.6. The van der Waals surface area contributed by atoms with Crippen LogP contribution in [0.2, 0.25) is 0 Å². The third-order valence-corrected chi connectivity index (χ3v) is 25.5. The number of hydrogen-bond acceptors (Lipinski definition) is 19. The first kappa shape index (κ1) is 96.4. The van der Waals surface area contributed by atoms with Crippen LogP contribution in [0.3, 0.4) is 0 Å². The molecule has 34 heteroatoms. The Labute approximate surface area is 761 Å². The first-order valence-corrected chi connectivity index (χ1v) is 44.1. The van der Waals surface area contributed by atoms with Crippen LogP contribution in [-0.2, 0) is 100.0 Å². The first-order valence-electron chi connectivity index (χ1n) is 44.1. The van der Waals surface area contributed by atoms with Crippen molar-refractivity contribution in [2.75, 3.05) is 81.9 Å². The first-order chi connectivity index (χ1) is 63.1. The van der Waals surface area contributed by atoms with Gasteiger partial charge in [-0.3, -0.25) is 29.1 Å². The van der Waals surface area contributed by atoms with E-state index in [1.807, 2.05) is 104 Å². The Balaban J connectivity index is 0.000000161. The number of amides is 3. The highest BCUT2D eigenvalue weighted by Crippen LogP contribution is 2.52. The average Bonchev–Trinajstić information content (AvgIpc) is 1.64. The van der Waals surface area contributed by atoms with E-state index < -0.39 is 107 Å². The molecular formula is C99H103F12N9O13. The molecule has 9 aromatic rings. The van der Waals surface area contributed by atoms with Crippen LogP contribution >= 0.6 is 0 Å². The van der Waals surface area contributed by atoms with Crippen molar-refractivity contribution < 1.29 is 115 Å². The summed E-state index contributed by atoms with van der Waals surface area (Å²) < 4.78 is 200. The van der Waals surface area contributed by atoms with Crippen LogP contribution in [0.5, 0.6) is 5.75 Å². The Bertz CT molecular complexity index is 5820. The summed E-state index contributed by atoms with van der Waals surface area (Å²) in [4.78, 5) is 101. The standard InChI is InChI=1S/C34H33F6N3O5.C33H36F3N3O4.C32H34F3N3O4/c1-4-47-31(44)26-16-24(26)19-6-8-28(46-3)25(14-19)23-7-9-29(42-10-5-11-42)41-27(23)17-43-18(2)30(48-32(43)45)20-12-21(33(35,36)37)15-22(13-20)34(38,39)40;1-20-15-24(18-25(16-20)33(34,35)36)31-22(3)39(32(41)43-31)19-28-26(10-11-29(37-28)38-13-5-6-14-38)27-17-23(8-7-21(27)2)9-12-30(40)42-4;1-19-14-23(17-24(15-19)32(33,34)35)30-21(3)38(31(40)42-30)18-27-25(9-10-28(36-27)37-12-5-13-37)26-16-22(7-6-20(26)2)8-11-29(39)41-4/h6-9,12-15,18,24,26,30H,4-5,10-11,16-17H2,1-3H3;7-8,10-11,15-18,22,31H,5-6,9,12-14,19H2,1-4H3;6-7,9-10,14-17,21,30H,5,8,11-13,18H2,1-4H3/t18-,24-,26+,30-;22-,31-;21-,30-/m000/s1. The summed E-state index contributed by atoms with van der Waals surface area (Å²) in [7, 11) is 4.24. The van der Waals surface area contributed by atoms with Gasteiger partial charge in [-0.05, 0) is 253 Å². The zero-order valence-corrected chi connectivity index (χ0v) is 75.3. The molecule has 22 nitrogen and oxygen atoms in total. The molecular weight excluding hydrogens is 1750 g/mol. The predicted octanol–water partition coefficient (Wildman–Crippen LogP) is 21.7. The van der Waals surface area contributed by atoms with Gasteiger partial charge in [0.05, 0.1) is 111 Å². The maximum absolute atomic E-state index is 13.6. The van der Waals surface area contributed by atoms with Crippen molar-refractivity contribution in [2.45, 2.75) is 200 Å². The Morgan fingerprint density at radius 2 is 0.759 bits per heavy atom. The lowest BCUT2D eigenvalue weighted by Crippen LogP contribution is -2.38. The van der Waals surface area contributed by atoms with E-state index >= 15 is 0 Å². The van der Waals surface area contributed by atoms with Gasteiger partial charge in [-0.15, -0.1) is 0 Å². The molecule has 3 aromatic heterocycles. The number of rotatable bonds is 25. The molecule has 7 aliphatic rings. The zero-order valence-electron chi connectivity index (χ0n) is 75.3. The highest BCUT2D eigenvalue weighted by Gasteiger charge is 2.49. The number of ether oxygens (including phenoxy) is 7. The predicted molar refractivity (Wildman–Crippen MR) is 470 cm³/mol. The van der Waals surface area contributed by atoms with Gasteiger partial charge in [-0.2, -0.15) is 52.7 Å². The number of cyclic esters (lactones) is 3. The van der Waals surface area contributed by atoms with Crippen molar-refractivity contribution in [3.05, 3.63) is 241 Å². The minimum Gasteiger partial charge on any atom is -0.496 e. The lowest BCUT2D eigenvalue weighted by Gasteiger charge is -2.33. The van der Waals surface area contributed by atoms with Crippen LogP contribution in [0.15, 0.2) is 146 Å². The number of pyridine rings is 3. The van der Waals surface area contributed by atoms with Gasteiger partial charge in [-0.25, -0.2) is 29.3 Å². The van der Waals surface area contributed by atoms with Gasteiger partial charge in [0, 0.05) is 74.4 Å². The van der Waals surface area contributed by atoms with Gasteiger partial charge >= 0.3 is 60.9 Å². The maximum atomic E-state index is 13.6. The van der Waals surface area contributed by atoms with Crippen LogP contribution in [-0.4, -0.2) is 151 Å². The van der Waals surface area contributed by atoms with Crippen molar-refractivity contribution in [3.63, 3.8) is 0 Å². The van der Waals surface area contributed by atoms with Gasteiger partial charge < -0.3 is 47.9 Å². The molecule has 0 spiro atoms. The average molecular weight is 1850 g/mol. The van der Waals surface area contributed by atoms with Gasteiger partial charge in [0.25, 0.3) is 0 Å². The number of methoxy groups -OCH3 is 3. The molecule has 0 N–H and O–H groups in total. The van der Waals surface area contributed by atoms with Crippen LogP contribution in [0.25, 0.3) is 33.4 Å². The topological polar surface area (TPSA) is 225 Å². The summed E-state index contributed by atoms with van der Waals surface area (Å²) in [6.45, 7) is 19.5. The van der Waals surface area contributed by atoms with Gasteiger partial charge in [0.2, 0.25) is 0 Å². The van der Waals surface area contributed by atoms with E-state index in [-0.39, 0.29) is 74.9 Å². The normalized spacial score (nSPS) is 20.0. The molecule has 0 bridgehead atoms. The van der Waals surface area contributed by atoms with E-state index in [0.717, 1.165) is 151 Å². The van der Waals surface area contributed by atoms with Crippen molar-refractivity contribution in [2.24, 2.45) is 5.92 Å². The number of anilines is 3. The number of aromatic nitrogens is 3. The lowest BCUT2D eigenvalue weighted by atomic mass is 9.94. The van der Waals surface area contributed by atoms with Crippen LogP contribution in [0, 0.1) is 33.6 Å². The second-order valence-corrected chi connectivity index (χ2v) is 34.6. The number of esters is 3. The molecule has 8 atom stereocenters. The number of hydrogen-bond donors (Lipinski definition) is 0. The molecule has 3 amide bonds. The van der Waals surface area contributed by atoms with E-state index in [1.165, 1.54) is 43.0 Å². The molecule has 1 saturated carbocycles. The number of aryl methyl sites for hydroxylation is 6. The number of carbonyl (C=O) groups is 6. The van der Waals surface area contributed by atoms with Crippen LogP contribution < -0.4 is 19.4 Å². The third-order valence-electron chi connectivity index (χ3n) is 25.5. The summed E-state index contributed by atoms with van der Waals surface area (Å²) in [5, 5.41) is 0. The minimum atomic E-state index is -5.05. The van der Waals surface area contributed by atoms with Gasteiger partial charge in [0.1, 0.15) is 41.5 Å². The minimum absolute atomic E-state index is 0.0400. The highest BCUT2D eigenvalue weighted by molar-refractivity contribution is 5.81. The van der Waals surface area contributed by atoms with Crippen molar-refractivity contribution >= 4 is 53.6 Å². The van der Waals surface area contributed by atoms with Gasteiger partial charge in [0.15, 0.2) is 0 Å². The van der Waals surface area contributed by atoms with Crippen LogP contribution in [0.1, 0.15) is 192 Å². The molecule has 6 aromatic carbocycles. The monoisotopic (exact) mass is 1850 g/mol. The van der Waals surface area contributed by atoms with Crippen molar-refractivity contribution in [1.29, 1.82) is 0 Å². The fourth-order valence-corrected chi connectivity index (χ4v) is 17.7. The molecule has 9 heterocycles. The number of benzene rings is 6. The fraction of sp³-hybridized carbons (Fsp3) is 0.424. The molecule has 706 valence electrons. The summed E-state index contributed by atoms with van der Waals surface area (Å²) in [5.41, 5.74) is 7.95. The Kier molecular flexibility index (Phi) is 28.7. The molecule has 133 heavy (non-hydrogen) atoms. The third kappa shape index (κ3) is 22.0. The lowest BCUT2D eigenvalue weighted by molar-refractivity contribution is -0.145. The molecule has 16 rings (SSSR count). The number of nitrogens with zero attached hydrogens (tertiary/aromatic N) is 9. The smallest absolute Gasteiger partial charge is 0.416 e. The second-order valence-electron chi connectivity index (χ2n) is 34.6. The summed E-state index contributed by atoms with van der Waals surface area (Å²) in [6, 6.07) is 36.0. The van der Waals surface area contributed by atoms with E-state index in [4.69, 9.17) is 48.1 Å². The van der Waals surface area contributed by atoms with E-state index in [9.17, 15) is 81.5 Å². The summed E-state index contributed by atoms with van der Waals surface area (Å²) in [6.07, 6.45) is -18.0. The Hall–Kier alpha value is -12.7. The Morgan fingerprint density at radius 1 is 0.406 bits per heavy atom. The number of halogens is 12. The van der Waals surface area contributed by atoms with E-state index in [1.54, 1.807) is 52.8 Å². The SMILES string of the molecule is CCOC(=O)[C@@H]1C[C@H]1c1ccc(OC)c(-c2ccc(N3CCC3)nc2CN2C(=O)O[C@H](c3cc(C(F)(F)F)cc(C(F)(F)F)c3)[C@@H]2C)c1.COC(=O)CCc1ccc(C)c(-c2ccc(N3CCC3)nc2CN2C(=O)O[C@H](c3cc(C)cc(C(F)(F)F)c3)[C@@H]2C)c1.COC(=O)CCc1ccc(C)c(-c2ccc(N3CCCC3)nc2CN2C(=O)O[C@H](c3cc(C)cc(C(F)(F)F)c3)[C@@H]2C)c1. The second kappa shape index (κ2) is 39.6. The maximum Gasteiger partial charge on any atom is 0.416 e. The number of carbonyl (C=O) groups excluding carboxylic acids is 6.